The van der Waals surface area contributed by atoms with Crippen molar-refractivity contribution in [2.75, 3.05) is 13.7 Å². The fraction of sp³-hybridized carbons (Fsp3) is 0.200. The van der Waals surface area contributed by atoms with Crippen LogP contribution in [0.15, 0.2) is 24.8 Å². The van der Waals surface area contributed by atoms with Crippen molar-refractivity contribution in [1.29, 1.82) is 0 Å². The highest BCUT2D eigenvalue weighted by atomic mass is 16.6. The molecule has 1 aromatic carbocycles. The molecule has 0 spiro atoms. The highest BCUT2D eigenvalue weighted by Crippen LogP contribution is 2.29. The fourth-order valence-electron chi connectivity index (χ4n) is 1.17. The third-order valence-corrected chi connectivity index (χ3v) is 2.03. The maximum Gasteiger partial charge on any atom is 0.311 e. The van der Waals surface area contributed by atoms with Crippen molar-refractivity contribution in [3.8, 4) is 5.75 Å². The average molecular weight is 208 g/mol. The first kappa shape index (κ1) is 11.2. The lowest BCUT2D eigenvalue weighted by atomic mass is 10.1. The van der Waals surface area contributed by atoms with Crippen LogP contribution in [0.5, 0.6) is 5.75 Å². The lowest BCUT2D eigenvalue weighted by Gasteiger charge is -2.05. The van der Waals surface area contributed by atoms with Crippen LogP contribution in [-0.4, -0.2) is 18.6 Å². The van der Waals surface area contributed by atoms with Crippen LogP contribution in [0.1, 0.15) is 5.56 Å². The van der Waals surface area contributed by atoms with Crippen LogP contribution in [0.4, 0.5) is 5.69 Å². The van der Waals surface area contributed by atoms with Crippen molar-refractivity contribution in [2.45, 2.75) is 0 Å². The van der Waals surface area contributed by atoms with E-state index in [0.717, 1.165) is 0 Å². The molecule has 0 aliphatic carbocycles. The van der Waals surface area contributed by atoms with Crippen molar-refractivity contribution in [1.82, 2.24) is 0 Å². The Balaban J connectivity index is 3.22. The van der Waals surface area contributed by atoms with Gasteiger partial charge >= 0.3 is 5.69 Å². The molecule has 1 rings (SSSR count). The van der Waals surface area contributed by atoms with Gasteiger partial charge in [0.15, 0.2) is 5.75 Å². The molecule has 0 amide bonds. The number of methoxy groups -OCH3 is 1. The Morgan fingerprint density at radius 1 is 1.67 bits per heavy atom. The quantitative estimate of drug-likeness (QED) is 0.601. The number of rotatable bonds is 4. The maximum absolute atomic E-state index is 10.7. The first-order chi connectivity index (χ1) is 7.10. The number of ether oxygens (including phenoxy) is 1. The van der Waals surface area contributed by atoms with E-state index in [9.17, 15) is 10.1 Å². The van der Waals surface area contributed by atoms with E-state index in [0.29, 0.717) is 11.1 Å². The van der Waals surface area contributed by atoms with E-state index in [1.807, 2.05) is 0 Å². The molecule has 0 bridgehead atoms. The van der Waals surface area contributed by atoms with Gasteiger partial charge in [-0.25, -0.2) is 0 Å². The molecule has 5 nitrogen and oxygen atoms in total. The molecular weight excluding hydrogens is 196 g/mol. The van der Waals surface area contributed by atoms with Crippen LogP contribution in [0, 0.1) is 10.1 Å². The number of nitro groups is 1. The zero-order chi connectivity index (χ0) is 11.4. The molecule has 0 unspecified atom stereocenters. The van der Waals surface area contributed by atoms with E-state index >= 15 is 0 Å². The molecular formula is C10H12N2O3. The predicted octanol–water partition coefficient (Wildman–Crippen LogP) is 1.58. The highest BCUT2D eigenvalue weighted by molar-refractivity contribution is 5.68. The Bertz CT molecular complexity index is 402. The Labute approximate surface area is 87.3 Å². The summed E-state index contributed by atoms with van der Waals surface area (Å²) in [6, 6.07) is 4.64. The average Bonchev–Trinajstić information content (AvgIpc) is 2.27. The largest absolute Gasteiger partial charge is 0.490 e. The van der Waals surface area contributed by atoms with Crippen LogP contribution in [0.2, 0.25) is 0 Å². The summed E-state index contributed by atoms with van der Waals surface area (Å²) in [6.07, 6.45) is 0. The monoisotopic (exact) mass is 208 g/mol. The Hall–Kier alpha value is -1.88. The standard InChI is InChI=1S/C10H12N2O3/c1-7(6-11)8-3-4-10(15-2)9(5-8)12(13)14/h3-5H,1,6,11H2,2H3. The van der Waals surface area contributed by atoms with Gasteiger partial charge in [0, 0.05) is 12.6 Å². The second kappa shape index (κ2) is 4.56. The minimum atomic E-state index is -0.494. The van der Waals surface area contributed by atoms with Crippen LogP contribution in [-0.2, 0) is 0 Å². The minimum absolute atomic E-state index is 0.0791. The molecule has 15 heavy (non-hydrogen) atoms. The van der Waals surface area contributed by atoms with Gasteiger partial charge in [-0.3, -0.25) is 10.1 Å². The number of hydrogen-bond donors (Lipinski definition) is 1. The van der Waals surface area contributed by atoms with Gasteiger partial charge in [0.05, 0.1) is 12.0 Å². The molecule has 0 radical (unpaired) electrons. The van der Waals surface area contributed by atoms with Crippen molar-refractivity contribution >= 4 is 11.3 Å². The van der Waals surface area contributed by atoms with Gasteiger partial charge in [-0.1, -0.05) is 12.6 Å². The molecule has 80 valence electrons. The minimum Gasteiger partial charge on any atom is -0.490 e. The van der Waals surface area contributed by atoms with Crippen molar-refractivity contribution in [3.05, 3.63) is 40.5 Å². The van der Waals surface area contributed by atoms with Gasteiger partial charge in [0.25, 0.3) is 0 Å². The first-order valence-electron chi connectivity index (χ1n) is 4.30. The summed E-state index contributed by atoms with van der Waals surface area (Å²) in [7, 11) is 1.39. The van der Waals surface area contributed by atoms with E-state index in [-0.39, 0.29) is 18.0 Å². The third-order valence-electron chi connectivity index (χ3n) is 2.03. The maximum atomic E-state index is 10.7. The van der Waals surface area contributed by atoms with E-state index in [1.165, 1.54) is 19.2 Å². The molecule has 0 fully saturated rings. The molecule has 2 N–H and O–H groups in total. The molecule has 0 saturated heterocycles. The Morgan fingerprint density at radius 3 is 2.80 bits per heavy atom. The normalized spacial score (nSPS) is 9.73. The molecule has 0 saturated carbocycles. The Morgan fingerprint density at radius 2 is 2.33 bits per heavy atom. The van der Waals surface area contributed by atoms with Crippen LogP contribution >= 0.6 is 0 Å². The van der Waals surface area contributed by atoms with Crippen molar-refractivity contribution in [2.24, 2.45) is 5.73 Å². The number of benzene rings is 1. The number of hydrogen-bond acceptors (Lipinski definition) is 4. The summed E-state index contributed by atoms with van der Waals surface area (Å²) in [6.45, 7) is 3.98. The Kier molecular flexibility index (Phi) is 3.41. The van der Waals surface area contributed by atoms with E-state index in [1.54, 1.807) is 6.07 Å². The lowest BCUT2D eigenvalue weighted by Crippen LogP contribution is -2.02. The first-order valence-corrected chi connectivity index (χ1v) is 4.30. The van der Waals surface area contributed by atoms with Crippen molar-refractivity contribution < 1.29 is 9.66 Å². The number of nitrogens with zero attached hydrogens (tertiary/aromatic N) is 1. The van der Waals surface area contributed by atoms with Gasteiger partial charge in [-0.2, -0.15) is 0 Å². The van der Waals surface area contributed by atoms with Crippen LogP contribution < -0.4 is 10.5 Å². The second-order valence-electron chi connectivity index (χ2n) is 2.95. The van der Waals surface area contributed by atoms with Gasteiger partial charge in [0.2, 0.25) is 0 Å². The molecule has 0 aliphatic rings. The molecule has 0 heterocycles. The van der Waals surface area contributed by atoms with Gasteiger partial charge in [-0.15, -0.1) is 0 Å². The summed E-state index contributed by atoms with van der Waals surface area (Å²) in [5.74, 6) is 0.230. The summed E-state index contributed by atoms with van der Waals surface area (Å²) >= 11 is 0. The molecule has 5 heteroatoms. The van der Waals surface area contributed by atoms with E-state index in [4.69, 9.17) is 10.5 Å². The summed E-state index contributed by atoms with van der Waals surface area (Å²) in [4.78, 5) is 10.2. The van der Waals surface area contributed by atoms with Gasteiger partial charge in [0.1, 0.15) is 0 Å². The predicted molar refractivity (Wildman–Crippen MR) is 57.7 cm³/mol. The van der Waals surface area contributed by atoms with Gasteiger partial charge < -0.3 is 10.5 Å². The molecule has 0 aromatic heterocycles. The zero-order valence-electron chi connectivity index (χ0n) is 8.40. The summed E-state index contributed by atoms with van der Waals surface area (Å²) in [5, 5.41) is 10.7. The van der Waals surface area contributed by atoms with Crippen LogP contribution in [0.25, 0.3) is 5.57 Å². The van der Waals surface area contributed by atoms with Crippen molar-refractivity contribution in [3.63, 3.8) is 0 Å². The zero-order valence-corrected chi connectivity index (χ0v) is 8.40. The number of nitro benzene ring substituents is 1. The lowest BCUT2D eigenvalue weighted by molar-refractivity contribution is -0.385. The summed E-state index contributed by atoms with van der Waals surface area (Å²) in [5.41, 5.74) is 6.63. The van der Waals surface area contributed by atoms with Crippen LogP contribution in [0.3, 0.4) is 0 Å². The topological polar surface area (TPSA) is 78.4 Å². The molecule has 0 atom stereocenters. The van der Waals surface area contributed by atoms with E-state index in [2.05, 4.69) is 6.58 Å². The number of nitrogens with two attached hydrogens (primary N) is 1. The van der Waals surface area contributed by atoms with E-state index < -0.39 is 4.92 Å². The second-order valence-corrected chi connectivity index (χ2v) is 2.95. The molecule has 1 aromatic rings. The SMILES string of the molecule is C=C(CN)c1ccc(OC)c([N+](=O)[O-])c1. The smallest absolute Gasteiger partial charge is 0.311 e. The van der Waals surface area contributed by atoms with Gasteiger partial charge in [-0.05, 0) is 17.2 Å². The summed E-state index contributed by atoms with van der Waals surface area (Å²) < 4.78 is 4.87. The fourth-order valence-corrected chi connectivity index (χ4v) is 1.17. The molecule has 0 aliphatic heterocycles. The third kappa shape index (κ3) is 2.32. The highest BCUT2D eigenvalue weighted by Gasteiger charge is 2.15.